The van der Waals surface area contributed by atoms with E-state index >= 15 is 0 Å². The molecule has 0 saturated heterocycles. The molecule has 0 radical (unpaired) electrons. The first-order chi connectivity index (χ1) is 7.18. The Bertz CT molecular complexity index is 465. The van der Waals surface area contributed by atoms with Crippen LogP contribution < -0.4 is 4.78 Å². The van der Waals surface area contributed by atoms with Crippen molar-refractivity contribution in [2.75, 3.05) is 0 Å². The summed E-state index contributed by atoms with van der Waals surface area (Å²) in [7, 11) is -1.37. The van der Waals surface area contributed by atoms with Gasteiger partial charge in [0, 0.05) is 9.65 Å². The average molecular weight is 218 g/mol. The van der Waals surface area contributed by atoms with Crippen molar-refractivity contribution in [2.45, 2.75) is 6.92 Å². The highest BCUT2D eigenvalue weighted by atomic mass is 32.1. The van der Waals surface area contributed by atoms with Crippen LogP contribution in [0.15, 0.2) is 36.4 Å². The molecule has 0 aliphatic rings. The molecule has 0 aliphatic heterocycles. The fourth-order valence-electron chi connectivity index (χ4n) is 1.49. The van der Waals surface area contributed by atoms with Gasteiger partial charge in [-0.25, -0.2) is 0 Å². The molecule has 2 N–H and O–H groups in total. The lowest BCUT2D eigenvalue weighted by atomic mass is 9.90. The zero-order valence-corrected chi connectivity index (χ0v) is 9.16. The highest BCUT2D eigenvalue weighted by Crippen LogP contribution is 2.26. The van der Waals surface area contributed by atoms with Crippen LogP contribution in [0.1, 0.15) is 5.56 Å². The van der Waals surface area contributed by atoms with E-state index in [0.717, 1.165) is 10.4 Å². The van der Waals surface area contributed by atoms with Crippen LogP contribution in [-0.4, -0.2) is 17.2 Å². The Hall–Kier alpha value is -1.10. The molecule has 0 amide bonds. The predicted molar refractivity (Wildman–Crippen MR) is 64.3 cm³/mol. The number of rotatable bonds is 2. The molecular formula is C11H11BO2S. The SMILES string of the molecule is Cc1ccccc1-c1ccc(B(O)O)s1. The largest absolute Gasteiger partial charge is 0.499 e. The Morgan fingerprint density at radius 1 is 1.07 bits per heavy atom. The van der Waals surface area contributed by atoms with E-state index in [1.54, 1.807) is 6.07 Å². The Kier molecular flexibility index (Phi) is 2.91. The maximum absolute atomic E-state index is 9.02. The number of thiophene rings is 1. The number of aryl methyl sites for hydroxylation is 1. The van der Waals surface area contributed by atoms with Crippen molar-refractivity contribution in [1.29, 1.82) is 0 Å². The molecule has 0 bridgehead atoms. The molecule has 1 heterocycles. The van der Waals surface area contributed by atoms with E-state index in [-0.39, 0.29) is 0 Å². The zero-order valence-electron chi connectivity index (χ0n) is 8.34. The summed E-state index contributed by atoms with van der Waals surface area (Å²) in [6.07, 6.45) is 0. The van der Waals surface area contributed by atoms with Gasteiger partial charge in [0.2, 0.25) is 0 Å². The molecule has 0 unspecified atom stereocenters. The van der Waals surface area contributed by atoms with Gasteiger partial charge in [0.15, 0.2) is 0 Å². The van der Waals surface area contributed by atoms with Crippen molar-refractivity contribution in [3.63, 3.8) is 0 Å². The van der Waals surface area contributed by atoms with Crippen molar-refractivity contribution in [3.05, 3.63) is 42.0 Å². The van der Waals surface area contributed by atoms with Crippen molar-refractivity contribution in [2.24, 2.45) is 0 Å². The average Bonchev–Trinajstić information content (AvgIpc) is 2.67. The lowest BCUT2D eigenvalue weighted by Crippen LogP contribution is -2.26. The molecule has 1 aromatic heterocycles. The highest BCUT2D eigenvalue weighted by molar-refractivity contribution is 7.24. The molecule has 2 rings (SSSR count). The van der Waals surface area contributed by atoms with Gasteiger partial charge in [-0.15, -0.1) is 11.3 Å². The molecule has 0 atom stereocenters. The van der Waals surface area contributed by atoms with Crippen LogP contribution in [0.5, 0.6) is 0 Å². The summed E-state index contributed by atoms with van der Waals surface area (Å²) in [6, 6.07) is 11.7. The highest BCUT2D eigenvalue weighted by Gasteiger charge is 2.14. The fourth-order valence-corrected chi connectivity index (χ4v) is 2.46. The van der Waals surface area contributed by atoms with E-state index < -0.39 is 7.12 Å². The Labute approximate surface area is 93.0 Å². The van der Waals surface area contributed by atoms with Crippen LogP contribution in [0.4, 0.5) is 0 Å². The van der Waals surface area contributed by atoms with Crippen LogP contribution in [-0.2, 0) is 0 Å². The number of benzene rings is 1. The molecule has 0 fully saturated rings. The standard InChI is InChI=1S/C11H11BO2S/c1-8-4-2-3-5-9(8)10-6-7-11(15-10)12(13)14/h2-7,13-14H,1H3. The molecule has 76 valence electrons. The molecule has 2 aromatic rings. The zero-order chi connectivity index (χ0) is 10.8. The maximum Gasteiger partial charge on any atom is 0.499 e. The van der Waals surface area contributed by atoms with E-state index in [0.29, 0.717) is 4.78 Å². The van der Waals surface area contributed by atoms with E-state index in [1.165, 1.54) is 16.9 Å². The third-order valence-electron chi connectivity index (χ3n) is 2.29. The van der Waals surface area contributed by atoms with Gasteiger partial charge in [0.1, 0.15) is 0 Å². The molecule has 4 heteroatoms. The van der Waals surface area contributed by atoms with Crippen LogP contribution in [0.3, 0.4) is 0 Å². The van der Waals surface area contributed by atoms with Crippen LogP contribution >= 0.6 is 11.3 Å². The van der Waals surface area contributed by atoms with Crippen molar-refractivity contribution in [1.82, 2.24) is 0 Å². The van der Waals surface area contributed by atoms with Crippen molar-refractivity contribution < 1.29 is 10.0 Å². The van der Waals surface area contributed by atoms with Crippen LogP contribution in [0.2, 0.25) is 0 Å². The van der Waals surface area contributed by atoms with Gasteiger partial charge in [-0.05, 0) is 24.1 Å². The summed E-state index contributed by atoms with van der Waals surface area (Å²) in [5.74, 6) is 0. The summed E-state index contributed by atoms with van der Waals surface area (Å²) in [4.78, 5) is 1.07. The number of hydrogen-bond donors (Lipinski definition) is 2. The van der Waals surface area contributed by atoms with Gasteiger partial charge in [0.05, 0.1) is 0 Å². The molecular weight excluding hydrogens is 207 g/mol. The van der Waals surface area contributed by atoms with E-state index in [2.05, 4.69) is 0 Å². The molecule has 15 heavy (non-hydrogen) atoms. The van der Waals surface area contributed by atoms with Gasteiger partial charge in [-0.1, -0.05) is 30.3 Å². The monoisotopic (exact) mass is 218 g/mol. The summed E-state index contributed by atoms with van der Waals surface area (Å²) >= 11 is 1.41. The smallest absolute Gasteiger partial charge is 0.423 e. The third kappa shape index (κ3) is 2.12. The lowest BCUT2D eigenvalue weighted by Gasteiger charge is -2.01. The van der Waals surface area contributed by atoms with Crippen molar-refractivity contribution in [3.8, 4) is 10.4 Å². The molecule has 1 aromatic carbocycles. The van der Waals surface area contributed by atoms with E-state index in [4.69, 9.17) is 10.0 Å². The fraction of sp³-hybridized carbons (Fsp3) is 0.0909. The maximum atomic E-state index is 9.02. The second-order valence-corrected chi connectivity index (χ2v) is 4.51. The first-order valence-electron chi connectivity index (χ1n) is 4.70. The van der Waals surface area contributed by atoms with Gasteiger partial charge in [0.25, 0.3) is 0 Å². The summed E-state index contributed by atoms with van der Waals surface area (Å²) < 4.78 is 0.577. The summed E-state index contributed by atoms with van der Waals surface area (Å²) in [5.41, 5.74) is 2.34. The van der Waals surface area contributed by atoms with Crippen LogP contribution in [0.25, 0.3) is 10.4 Å². The van der Waals surface area contributed by atoms with Gasteiger partial charge in [-0.3, -0.25) is 0 Å². The van der Waals surface area contributed by atoms with E-state index in [9.17, 15) is 0 Å². The van der Waals surface area contributed by atoms with Crippen molar-refractivity contribution >= 4 is 23.2 Å². The number of hydrogen-bond acceptors (Lipinski definition) is 3. The molecule has 0 spiro atoms. The topological polar surface area (TPSA) is 40.5 Å². The van der Waals surface area contributed by atoms with Crippen LogP contribution in [0, 0.1) is 6.92 Å². The predicted octanol–water partition coefficient (Wildman–Crippen LogP) is 1.40. The lowest BCUT2D eigenvalue weighted by molar-refractivity contribution is 0.427. The molecule has 0 aliphatic carbocycles. The third-order valence-corrected chi connectivity index (χ3v) is 3.45. The van der Waals surface area contributed by atoms with Gasteiger partial charge in [-0.2, -0.15) is 0 Å². The summed E-state index contributed by atoms with van der Waals surface area (Å²) in [5, 5.41) is 18.0. The minimum Gasteiger partial charge on any atom is -0.423 e. The minimum absolute atomic E-state index is 0.577. The Balaban J connectivity index is 2.42. The van der Waals surface area contributed by atoms with Gasteiger partial charge < -0.3 is 10.0 Å². The second-order valence-electron chi connectivity index (χ2n) is 3.39. The Morgan fingerprint density at radius 2 is 1.80 bits per heavy atom. The molecule has 2 nitrogen and oxygen atoms in total. The first-order valence-corrected chi connectivity index (χ1v) is 5.52. The summed E-state index contributed by atoms with van der Waals surface area (Å²) in [6.45, 7) is 2.05. The quantitative estimate of drug-likeness (QED) is 0.748. The van der Waals surface area contributed by atoms with Gasteiger partial charge >= 0.3 is 7.12 Å². The van der Waals surface area contributed by atoms with E-state index in [1.807, 2.05) is 37.3 Å². The minimum atomic E-state index is -1.37. The second kappa shape index (κ2) is 4.19. The first kappa shape index (κ1) is 10.4. The molecule has 0 saturated carbocycles. The normalized spacial score (nSPS) is 10.3. The Morgan fingerprint density at radius 3 is 2.40 bits per heavy atom.